The van der Waals surface area contributed by atoms with Crippen molar-refractivity contribution in [2.24, 2.45) is 0 Å². The molecule has 6 heteroatoms. The monoisotopic (exact) mass is 228 g/mol. The molecule has 2 rings (SSSR count). The van der Waals surface area contributed by atoms with Gasteiger partial charge in [-0.1, -0.05) is 0 Å². The number of rotatable bonds is 1. The number of alkyl halides is 3. The lowest BCUT2D eigenvalue weighted by molar-refractivity contribution is -0.145. The molecule has 84 valence electrons. The highest BCUT2D eigenvalue weighted by atomic mass is 19.4. The van der Waals surface area contributed by atoms with Gasteiger partial charge in [0.25, 0.3) is 0 Å². The molecule has 2 aromatic rings. The minimum absolute atomic E-state index is 0.169. The van der Waals surface area contributed by atoms with Gasteiger partial charge >= 0.3 is 6.18 Å². The Morgan fingerprint density at radius 2 is 2.12 bits per heavy atom. The molecule has 2 aromatic heterocycles. The first-order valence-electron chi connectivity index (χ1n) is 4.45. The third-order valence-corrected chi connectivity index (χ3v) is 2.20. The number of halogens is 3. The van der Waals surface area contributed by atoms with Gasteiger partial charge in [-0.3, -0.25) is 9.20 Å². The molecule has 0 unspecified atom stereocenters. The number of imidazole rings is 1. The number of pyridine rings is 1. The molecule has 0 N–H and O–H groups in total. The molecule has 0 fully saturated rings. The fourth-order valence-corrected chi connectivity index (χ4v) is 1.53. The highest BCUT2D eigenvalue weighted by Gasteiger charge is 2.36. The fraction of sp³-hybridized carbons (Fsp3) is 0.200. The van der Waals surface area contributed by atoms with Gasteiger partial charge in [-0.25, -0.2) is 4.98 Å². The van der Waals surface area contributed by atoms with Gasteiger partial charge in [-0.2, -0.15) is 13.2 Å². The summed E-state index contributed by atoms with van der Waals surface area (Å²) in [7, 11) is 0. The van der Waals surface area contributed by atoms with Gasteiger partial charge in [-0.05, 0) is 19.1 Å². The fourth-order valence-electron chi connectivity index (χ4n) is 1.53. The minimum atomic E-state index is -4.53. The zero-order valence-corrected chi connectivity index (χ0v) is 8.25. The molecule has 0 aliphatic rings. The summed E-state index contributed by atoms with van der Waals surface area (Å²) >= 11 is 0. The van der Waals surface area contributed by atoms with Crippen molar-refractivity contribution in [3.05, 3.63) is 35.9 Å². The van der Waals surface area contributed by atoms with Crippen LogP contribution in [0.4, 0.5) is 13.2 Å². The van der Waals surface area contributed by atoms with E-state index in [4.69, 9.17) is 0 Å². The van der Waals surface area contributed by atoms with E-state index < -0.39 is 12.0 Å². The second-order valence-corrected chi connectivity index (χ2v) is 3.31. The smallest absolute Gasteiger partial charge is 0.295 e. The van der Waals surface area contributed by atoms with Crippen molar-refractivity contribution in [2.45, 2.75) is 13.1 Å². The lowest BCUT2D eigenvalue weighted by atomic mass is 10.2. The summed E-state index contributed by atoms with van der Waals surface area (Å²) in [4.78, 5) is 14.5. The van der Waals surface area contributed by atoms with Crippen molar-refractivity contribution in [3.8, 4) is 0 Å². The summed E-state index contributed by atoms with van der Waals surface area (Å²) < 4.78 is 38.4. The Morgan fingerprint density at radius 3 is 2.69 bits per heavy atom. The van der Waals surface area contributed by atoms with E-state index in [0.29, 0.717) is 0 Å². The van der Waals surface area contributed by atoms with E-state index in [9.17, 15) is 18.0 Å². The number of ketones is 1. The maximum atomic E-state index is 12.5. The van der Waals surface area contributed by atoms with E-state index in [-0.39, 0.29) is 16.9 Å². The number of nitrogens with zero attached hydrogens (tertiary/aromatic N) is 2. The minimum Gasteiger partial charge on any atom is -0.295 e. The maximum absolute atomic E-state index is 12.5. The molecule has 0 aliphatic heterocycles. The van der Waals surface area contributed by atoms with Crippen LogP contribution in [0.3, 0.4) is 0 Å². The number of carbonyl (C=O) groups excluding carboxylic acids is 1. The quantitative estimate of drug-likeness (QED) is 0.703. The van der Waals surface area contributed by atoms with Gasteiger partial charge in [0.05, 0.1) is 11.7 Å². The van der Waals surface area contributed by atoms with Crippen molar-refractivity contribution < 1.29 is 18.0 Å². The third-order valence-electron chi connectivity index (χ3n) is 2.20. The van der Waals surface area contributed by atoms with Crippen LogP contribution >= 0.6 is 0 Å². The van der Waals surface area contributed by atoms with Crippen LogP contribution in [0.15, 0.2) is 24.5 Å². The van der Waals surface area contributed by atoms with E-state index in [0.717, 1.165) is 10.6 Å². The van der Waals surface area contributed by atoms with Crippen LogP contribution in [0, 0.1) is 0 Å². The van der Waals surface area contributed by atoms with Crippen molar-refractivity contribution in [3.63, 3.8) is 0 Å². The topological polar surface area (TPSA) is 34.4 Å². The molecule has 0 radical (unpaired) electrons. The molecule has 0 aliphatic carbocycles. The van der Waals surface area contributed by atoms with Gasteiger partial charge in [0.1, 0.15) is 0 Å². The molecule has 0 saturated heterocycles. The average Bonchev–Trinajstić information content (AvgIpc) is 2.59. The average molecular weight is 228 g/mol. The first-order valence-corrected chi connectivity index (χ1v) is 4.45. The molecule has 0 amide bonds. The van der Waals surface area contributed by atoms with E-state index in [1.807, 2.05) is 0 Å². The lowest BCUT2D eigenvalue weighted by Gasteiger charge is -2.05. The van der Waals surface area contributed by atoms with Crippen LogP contribution in [0.1, 0.15) is 23.1 Å². The summed E-state index contributed by atoms with van der Waals surface area (Å²) in [6, 6.07) is 2.86. The van der Waals surface area contributed by atoms with Crippen LogP contribution in [0.5, 0.6) is 0 Å². The van der Waals surface area contributed by atoms with Crippen molar-refractivity contribution in [1.82, 2.24) is 9.38 Å². The molecular formula is C10H7F3N2O. The van der Waals surface area contributed by atoms with Crippen LogP contribution in [-0.4, -0.2) is 15.2 Å². The van der Waals surface area contributed by atoms with Gasteiger partial charge in [0.2, 0.25) is 5.82 Å². The number of hydrogen-bond donors (Lipinski definition) is 0. The van der Waals surface area contributed by atoms with E-state index in [1.165, 1.54) is 25.3 Å². The highest BCUT2D eigenvalue weighted by Crippen LogP contribution is 2.29. The van der Waals surface area contributed by atoms with E-state index in [2.05, 4.69) is 4.98 Å². The summed E-state index contributed by atoms with van der Waals surface area (Å²) in [6.07, 6.45) is -2.24. The first-order chi connectivity index (χ1) is 7.41. The Kier molecular flexibility index (Phi) is 2.22. The normalized spacial score (nSPS) is 12.0. The van der Waals surface area contributed by atoms with Gasteiger partial charge < -0.3 is 0 Å². The van der Waals surface area contributed by atoms with Crippen molar-refractivity contribution in [2.75, 3.05) is 0 Å². The number of aromatic nitrogens is 2. The zero-order valence-electron chi connectivity index (χ0n) is 8.25. The largest absolute Gasteiger partial charge is 0.450 e. The molecule has 3 nitrogen and oxygen atoms in total. The Bertz CT molecular complexity index is 557. The maximum Gasteiger partial charge on any atom is 0.450 e. The van der Waals surface area contributed by atoms with Gasteiger partial charge in [-0.15, -0.1) is 0 Å². The van der Waals surface area contributed by atoms with Gasteiger partial charge in [0.15, 0.2) is 5.78 Å². The Hall–Kier alpha value is -1.85. The van der Waals surface area contributed by atoms with Crippen LogP contribution in [0.2, 0.25) is 0 Å². The van der Waals surface area contributed by atoms with Gasteiger partial charge in [0, 0.05) is 11.8 Å². The molecular weight excluding hydrogens is 221 g/mol. The Morgan fingerprint density at radius 1 is 1.44 bits per heavy atom. The zero-order chi connectivity index (χ0) is 11.9. The molecule has 0 spiro atoms. The second-order valence-electron chi connectivity index (χ2n) is 3.31. The van der Waals surface area contributed by atoms with Crippen LogP contribution in [-0.2, 0) is 6.18 Å². The van der Waals surface area contributed by atoms with Crippen LogP contribution < -0.4 is 0 Å². The predicted octanol–water partition coefficient (Wildman–Crippen LogP) is 2.56. The molecule has 0 bridgehead atoms. The lowest BCUT2D eigenvalue weighted by Crippen LogP contribution is -2.11. The summed E-state index contributed by atoms with van der Waals surface area (Å²) in [5.74, 6) is -1.31. The van der Waals surface area contributed by atoms with Crippen molar-refractivity contribution >= 4 is 11.3 Å². The number of Topliss-reactive ketones (excluding diaryl/α,β-unsaturated/α-hetero) is 1. The first kappa shape index (κ1) is 10.7. The Labute approximate surface area is 88.5 Å². The third kappa shape index (κ3) is 1.56. The molecule has 16 heavy (non-hydrogen) atoms. The molecule has 0 aromatic carbocycles. The van der Waals surface area contributed by atoms with Crippen LogP contribution in [0.25, 0.3) is 5.52 Å². The standard InChI is InChI=1S/C10H7F3N2O/c1-6(16)7-3-2-4-15-8(7)5-14-9(15)10(11,12)13/h2-5H,1H3. The summed E-state index contributed by atoms with van der Waals surface area (Å²) in [6.45, 7) is 1.30. The van der Waals surface area contributed by atoms with Crippen molar-refractivity contribution in [1.29, 1.82) is 0 Å². The molecule has 0 saturated carbocycles. The number of hydrogen-bond acceptors (Lipinski definition) is 2. The SMILES string of the molecule is CC(=O)c1cccn2c(C(F)(F)F)ncc12. The molecule has 2 heterocycles. The second kappa shape index (κ2) is 3.33. The number of carbonyl (C=O) groups is 1. The predicted molar refractivity (Wildman–Crippen MR) is 50.2 cm³/mol. The highest BCUT2D eigenvalue weighted by molar-refractivity contribution is 6.00. The Balaban J connectivity index is 2.76. The number of fused-ring (bicyclic) bond motifs is 1. The molecule has 0 atom stereocenters. The summed E-state index contributed by atoms with van der Waals surface area (Å²) in [5, 5.41) is 0. The summed E-state index contributed by atoms with van der Waals surface area (Å²) in [5.41, 5.74) is 0.396. The van der Waals surface area contributed by atoms with E-state index in [1.54, 1.807) is 0 Å². The van der Waals surface area contributed by atoms with E-state index >= 15 is 0 Å².